The van der Waals surface area contributed by atoms with Crippen molar-refractivity contribution in [1.82, 2.24) is 15.1 Å². The number of aromatic nitrogens is 2. The molecule has 2 heterocycles. The van der Waals surface area contributed by atoms with Crippen molar-refractivity contribution in [3.63, 3.8) is 0 Å². The van der Waals surface area contributed by atoms with Gasteiger partial charge in [0.15, 0.2) is 6.61 Å². The molecule has 6 nitrogen and oxygen atoms in total. The molecule has 1 amide bonds. The van der Waals surface area contributed by atoms with Crippen molar-refractivity contribution in [3.05, 3.63) is 35.2 Å². The lowest BCUT2D eigenvalue weighted by Crippen LogP contribution is -2.40. The fourth-order valence-electron chi connectivity index (χ4n) is 2.66. The minimum atomic E-state index is 0.119. The van der Waals surface area contributed by atoms with E-state index in [1.807, 2.05) is 4.90 Å². The fourth-order valence-corrected chi connectivity index (χ4v) is 3.47. The van der Waals surface area contributed by atoms with Crippen LogP contribution in [0.3, 0.4) is 0 Å². The molecule has 0 saturated carbocycles. The molecule has 1 aromatic heterocycles. The van der Waals surface area contributed by atoms with Crippen LogP contribution in [-0.2, 0) is 11.4 Å². The van der Waals surface area contributed by atoms with E-state index in [-0.39, 0.29) is 12.5 Å². The number of carbonyl (C=O) groups excluding carboxylic acids is 1. The van der Waals surface area contributed by atoms with Crippen LogP contribution in [0.15, 0.2) is 33.9 Å². The molecule has 0 spiro atoms. The maximum Gasteiger partial charge on any atom is 0.277 e. The van der Waals surface area contributed by atoms with Crippen LogP contribution in [0.2, 0.25) is 5.02 Å². The van der Waals surface area contributed by atoms with Crippen LogP contribution in [0.1, 0.15) is 25.7 Å². The summed E-state index contributed by atoms with van der Waals surface area (Å²) in [6, 6.07) is 7.04. The Hall–Kier alpha value is -1.73. The third kappa shape index (κ3) is 5.37. The molecular weight excluding hydrogens is 362 g/mol. The molecule has 2 aromatic rings. The molecule has 1 fully saturated rings. The van der Waals surface area contributed by atoms with Gasteiger partial charge in [-0.2, -0.15) is 0 Å². The van der Waals surface area contributed by atoms with Gasteiger partial charge in [0.2, 0.25) is 5.91 Å². The highest BCUT2D eigenvalue weighted by atomic mass is 35.5. The van der Waals surface area contributed by atoms with Gasteiger partial charge >= 0.3 is 0 Å². The standard InChI is InChI=1S/C17H20ClN3O3S/c1-12-3-2-8-21(9-12)16(22)11-25-17-20-19-15(24-17)10-23-14-6-4-13(18)5-7-14/h4-7,12H,2-3,8-11H2,1H3. The van der Waals surface area contributed by atoms with E-state index < -0.39 is 0 Å². The molecule has 1 saturated heterocycles. The number of hydrogen-bond acceptors (Lipinski definition) is 6. The Kier molecular flexibility index (Phi) is 6.20. The predicted octanol–water partition coefficient (Wildman–Crippen LogP) is 3.65. The van der Waals surface area contributed by atoms with Crippen molar-refractivity contribution in [2.75, 3.05) is 18.8 Å². The molecule has 1 aromatic carbocycles. The molecule has 134 valence electrons. The molecule has 3 rings (SSSR count). The number of likely N-dealkylation sites (tertiary alicyclic amines) is 1. The number of nitrogens with zero attached hydrogens (tertiary/aromatic N) is 3. The largest absolute Gasteiger partial charge is 0.484 e. The van der Waals surface area contributed by atoms with E-state index in [0.717, 1.165) is 19.5 Å². The van der Waals surface area contributed by atoms with Gasteiger partial charge in [0, 0.05) is 18.1 Å². The number of amides is 1. The summed E-state index contributed by atoms with van der Waals surface area (Å²) < 4.78 is 11.1. The number of rotatable bonds is 6. The number of hydrogen-bond donors (Lipinski definition) is 0. The summed E-state index contributed by atoms with van der Waals surface area (Å²) in [5.41, 5.74) is 0. The average molecular weight is 382 g/mol. The van der Waals surface area contributed by atoms with Crippen molar-refractivity contribution in [2.24, 2.45) is 5.92 Å². The van der Waals surface area contributed by atoms with Gasteiger partial charge in [0.1, 0.15) is 5.75 Å². The lowest BCUT2D eigenvalue weighted by atomic mass is 10.0. The first kappa shape index (κ1) is 18.1. The molecule has 0 radical (unpaired) electrons. The van der Waals surface area contributed by atoms with Crippen LogP contribution in [0.4, 0.5) is 0 Å². The summed E-state index contributed by atoms with van der Waals surface area (Å²) in [5, 5.41) is 8.92. The zero-order chi connectivity index (χ0) is 17.6. The van der Waals surface area contributed by atoms with Gasteiger partial charge in [-0.1, -0.05) is 30.3 Å². The van der Waals surface area contributed by atoms with Crippen LogP contribution in [0.25, 0.3) is 0 Å². The van der Waals surface area contributed by atoms with E-state index in [0.29, 0.717) is 33.6 Å². The van der Waals surface area contributed by atoms with Gasteiger partial charge in [-0.15, -0.1) is 10.2 Å². The zero-order valence-corrected chi connectivity index (χ0v) is 15.6. The van der Waals surface area contributed by atoms with E-state index in [2.05, 4.69) is 17.1 Å². The summed E-state index contributed by atoms with van der Waals surface area (Å²) in [7, 11) is 0. The molecule has 0 bridgehead atoms. The molecule has 1 atom stereocenters. The normalized spacial score (nSPS) is 17.5. The minimum absolute atomic E-state index is 0.119. The van der Waals surface area contributed by atoms with E-state index in [1.54, 1.807) is 24.3 Å². The molecular formula is C17H20ClN3O3S. The first-order valence-electron chi connectivity index (χ1n) is 8.21. The molecule has 1 unspecified atom stereocenters. The monoisotopic (exact) mass is 381 g/mol. The minimum Gasteiger partial charge on any atom is -0.484 e. The van der Waals surface area contributed by atoms with Gasteiger partial charge in [-0.3, -0.25) is 4.79 Å². The predicted molar refractivity (Wildman–Crippen MR) is 95.8 cm³/mol. The highest BCUT2D eigenvalue weighted by Gasteiger charge is 2.21. The Bertz CT molecular complexity index is 707. The molecule has 8 heteroatoms. The Morgan fingerprint density at radius 2 is 2.20 bits per heavy atom. The third-order valence-electron chi connectivity index (χ3n) is 3.95. The molecule has 1 aliphatic rings. The maximum atomic E-state index is 12.2. The van der Waals surface area contributed by atoms with Crippen LogP contribution < -0.4 is 4.74 Å². The SMILES string of the molecule is CC1CCCN(C(=O)CSc2nnc(COc3ccc(Cl)cc3)o2)C1. The molecule has 0 aliphatic carbocycles. The first-order chi connectivity index (χ1) is 12.1. The van der Waals surface area contributed by atoms with Crippen molar-refractivity contribution >= 4 is 29.3 Å². The fraction of sp³-hybridized carbons (Fsp3) is 0.471. The molecule has 0 N–H and O–H groups in total. The highest BCUT2D eigenvalue weighted by molar-refractivity contribution is 7.99. The van der Waals surface area contributed by atoms with E-state index in [4.69, 9.17) is 20.8 Å². The lowest BCUT2D eigenvalue weighted by molar-refractivity contribution is -0.130. The summed E-state index contributed by atoms with van der Waals surface area (Å²) in [5.74, 6) is 2.05. The number of halogens is 1. The van der Waals surface area contributed by atoms with Crippen LogP contribution in [-0.4, -0.2) is 39.8 Å². The second-order valence-electron chi connectivity index (χ2n) is 6.08. The number of piperidine rings is 1. The number of ether oxygens (including phenoxy) is 1. The van der Waals surface area contributed by atoms with E-state index >= 15 is 0 Å². The highest BCUT2D eigenvalue weighted by Crippen LogP contribution is 2.21. The number of thioether (sulfide) groups is 1. The van der Waals surface area contributed by atoms with Gasteiger partial charge in [0.05, 0.1) is 5.75 Å². The van der Waals surface area contributed by atoms with Crippen molar-refractivity contribution < 1.29 is 13.9 Å². The topological polar surface area (TPSA) is 68.5 Å². The Balaban J connectivity index is 1.45. The quantitative estimate of drug-likeness (QED) is 0.711. The number of carbonyl (C=O) groups is 1. The van der Waals surface area contributed by atoms with Crippen LogP contribution in [0.5, 0.6) is 5.75 Å². The van der Waals surface area contributed by atoms with E-state index in [1.165, 1.54) is 18.2 Å². The van der Waals surface area contributed by atoms with Crippen molar-refractivity contribution in [1.29, 1.82) is 0 Å². The first-order valence-corrected chi connectivity index (χ1v) is 9.58. The van der Waals surface area contributed by atoms with Crippen LogP contribution in [0, 0.1) is 5.92 Å². The van der Waals surface area contributed by atoms with Gasteiger partial charge in [-0.05, 0) is 43.0 Å². The second-order valence-corrected chi connectivity index (χ2v) is 7.44. The Labute approximate surface area is 155 Å². The third-order valence-corrected chi connectivity index (χ3v) is 5.01. The van der Waals surface area contributed by atoms with Crippen molar-refractivity contribution in [3.8, 4) is 5.75 Å². The van der Waals surface area contributed by atoms with E-state index in [9.17, 15) is 4.79 Å². The van der Waals surface area contributed by atoms with Crippen molar-refractivity contribution in [2.45, 2.75) is 31.6 Å². The maximum absolute atomic E-state index is 12.2. The Morgan fingerprint density at radius 1 is 1.40 bits per heavy atom. The zero-order valence-electron chi connectivity index (χ0n) is 14.0. The molecule has 1 aliphatic heterocycles. The lowest BCUT2D eigenvalue weighted by Gasteiger charge is -2.30. The summed E-state index contributed by atoms with van der Waals surface area (Å²) >= 11 is 7.09. The molecule has 25 heavy (non-hydrogen) atoms. The summed E-state index contributed by atoms with van der Waals surface area (Å²) in [6.45, 7) is 4.03. The number of benzene rings is 1. The second kappa shape index (κ2) is 8.58. The summed E-state index contributed by atoms with van der Waals surface area (Å²) in [6.07, 6.45) is 2.27. The van der Waals surface area contributed by atoms with Gasteiger partial charge in [0.25, 0.3) is 11.1 Å². The smallest absolute Gasteiger partial charge is 0.277 e. The summed E-state index contributed by atoms with van der Waals surface area (Å²) in [4.78, 5) is 14.2. The Morgan fingerprint density at radius 3 is 2.96 bits per heavy atom. The van der Waals surface area contributed by atoms with Crippen LogP contribution >= 0.6 is 23.4 Å². The van der Waals surface area contributed by atoms with Gasteiger partial charge < -0.3 is 14.1 Å². The average Bonchev–Trinajstić information content (AvgIpc) is 3.07. The van der Waals surface area contributed by atoms with Gasteiger partial charge in [-0.25, -0.2) is 0 Å².